The lowest BCUT2D eigenvalue weighted by Gasteiger charge is -2.24. The Labute approximate surface area is 106 Å². The molecule has 0 unspecified atom stereocenters. The number of rotatable bonds is 5. The van der Waals surface area contributed by atoms with E-state index in [9.17, 15) is 18.3 Å². The van der Waals surface area contributed by atoms with Gasteiger partial charge in [-0.05, 0) is 24.6 Å². The number of carboxylic acid groups (broad SMARTS) is 1. The van der Waals surface area contributed by atoms with Crippen LogP contribution in [0.5, 0.6) is 5.75 Å². The Balaban J connectivity index is 3.37. The second-order valence-corrected chi connectivity index (χ2v) is 5.72. The highest BCUT2D eigenvalue weighted by Crippen LogP contribution is 2.30. The summed E-state index contributed by atoms with van der Waals surface area (Å²) in [4.78, 5) is 10.7. The number of hydrogen-bond donors (Lipinski definition) is 0. The first-order valence-electron chi connectivity index (χ1n) is 5.08. The van der Waals surface area contributed by atoms with Gasteiger partial charge in [-0.15, -0.1) is 0 Å². The van der Waals surface area contributed by atoms with Crippen LogP contribution in [-0.4, -0.2) is 34.3 Å². The lowest BCUT2D eigenvalue weighted by atomic mass is 10.2. The van der Waals surface area contributed by atoms with Crippen molar-refractivity contribution >= 4 is 21.7 Å². The van der Waals surface area contributed by atoms with E-state index in [1.165, 1.54) is 7.11 Å². The second-order valence-electron chi connectivity index (χ2n) is 3.82. The molecule has 0 aliphatic carbocycles. The molecule has 0 saturated heterocycles. The van der Waals surface area contributed by atoms with Gasteiger partial charge in [-0.2, -0.15) is 0 Å². The van der Waals surface area contributed by atoms with Crippen molar-refractivity contribution in [2.45, 2.75) is 6.92 Å². The van der Waals surface area contributed by atoms with Gasteiger partial charge in [0.05, 0.1) is 31.6 Å². The summed E-state index contributed by atoms with van der Waals surface area (Å²) in [5, 5.41) is 10.7. The van der Waals surface area contributed by atoms with Gasteiger partial charge in [-0.3, -0.25) is 4.31 Å². The number of carboxylic acids is 1. The van der Waals surface area contributed by atoms with Crippen LogP contribution in [0.3, 0.4) is 0 Å². The van der Waals surface area contributed by atoms with E-state index in [-0.39, 0.29) is 11.4 Å². The maximum atomic E-state index is 11.6. The highest BCUT2D eigenvalue weighted by molar-refractivity contribution is 7.92. The number of nitrogens with zero attached hydrogens (tertiary/aromatic N) is 1. The maximum absolute atomic E-state index is 11.6. The first-order valence-corrected chi connectivity index (χ1v) is 6.92. The van der Waals surface area contributed by atoms with Crippen molar-refractivity contribution in [3.63, 3.8) is 0 Å². The third-order valence-electron chi connectivity index (χ3n) is 2.28. The highest BCUT2D eigenvalue weighted by Gasteiger charge is 2.21. The second kappa shape index (κ2) is 5.26. The molecule has 0 aliphatic rings. The topological polar surface area (TPSA) is 86.7 Å². The van der Waals surface area contributed by atoms with Gasteiger partial charge in [0.15, 0.2) is 0 Å². The predicted molar refractivity (Wildman–Crippen MR) is 64.9 cm³/mol. The molecule has 1 aromatic rings. The maximum Gasteiger partial charge on any atom is 0.232 e. The van der Waals surface area contributed by atoms with E-state index < -0.39 is 22.5 Å². The Morgan fingerprint density at radius 2 is 2.06 bits per heavy atom. The molecule has 0 aliphatic heterocycles. The summed E-state index contributed by atoms with van der Waals surface area (Å²) in [6.07, 6.45) is 0.928. The van der Waals surface area contributed by atoms with Gasteiger partial charge in [-0.25, -0.2) is 8.42 Å². The number of carbonyl (C=O) groups excluding carboxylic acids is 1. The van der Waals surface area contributed by atoms with E-state index >= 15 is 0 Å². The van der Waals surface area contributed by atoms with E-state index in [1.807, 2.05) is 0 Å². The van der Waals surface area contributed by atoms with Gasteiger partial charge in [0.1, 0.15) is 5.75 Å². The zero-order chi connectivity index (χ0) is 13.9. The number of carbonyl (C=O) groups is 1. The lowest BCUT2D eigenvalue weighted by molar-refractivity contribution is -0.303. The van der Waals surface area contributed by atoms with Gasteiger partial charge in [0.25, 0.3) is 0 Å². The smallest absolute Gasteiger partial charge is 0.232 e. The number of benzene rings is 1. The SMILES string of the molecule is COc1ccc(C)cc1N(CC(=O)[O-])S(C)(=O)=O. The molecule has 6 nitrogen and oxygen atoms in total. The van der Waals surface area contributed by atoms with Crippen LogP contribution in [-0.2, 0) is 14.8 Å². The van der Waals surface area contributed by atoms with Crippen LogP contribution in [0.4, 0.5) is 5.69 Å². The molecule has 18 heavy (non-hydrogen) atoms. The summed E-state index contributed by atoms with van der Waals surface area (Å²) in [5.41, 5.74) is 0.974. The highest BCUT2D eigenvalue weighted by atomic mass is 32.2. The van der Waals surface area contributed by atoms with Gasteiger partial charge >= 0.3 is 0 Å². The molecule has 0 atom stereocenters. The fraction of sp³-hybridized carbons (Fsp3) is 0.364. The lowest BCUT2D eigenvalue weighted by Crippen LogP contribution is -2.41. The van der Waals surface area contributed by atoms with E-state index in [0.29, 0.717) is 0 Å². The molecule has 0 fully saturated rings. The van der Waals surface area contributed by atoms with Crippen LogP contribution in [0.25, 0.3) is 0 Å². The third kappa shape index (κ3) is 3.36. The summed E-state index contributed by atoms with van der Waals surface area (Å²) >= 11 is 0. The van der Waals surface area contributed by atoms with Crippen molar-refractivity contribution < 1.29 is 23.1 Å². The molecule has 0 aromatic heterocycles. The van der Waals surface area contributed by atoms with Crippen LogP contribution in [0.2, 0.25) is 0 Å². The van der Waals surface area contributed by atoms with E-state index in [2.05, 4.69) is 0 Å². The molecule has 0 saturated carbocycles. The Kier molecular flexibility index (Phi) is 4.18. The van der Waals surface area contributed by atoms with Crippen LogP contribution in [0.15, 0.2) is 18.2 Å². The van der Waals surface area contributed by atoms with E-state index in [0.717, 1.165) is 16.1 Å². The largest absolute Gasteiger partial charge is 0.548 e. The van der Waals surface area contributed by atoms with Crippen molar-refractivity contribution in [3.8, 4) is 5.75 Å². The number of aliphatic carboxylic acids is 1. The Hall–Kier alpha value is -1.76. The van der Waals surface area contributed by atoms with Gasteiger partial charge in [0.2, 0.25) is 10.0 Å². The molecule has 7 heteroatoms. The standard InChI is InChI=1S/C11H15NO5S/c1-8-4-5-10(17-2)9(6-8)12(7-11(13)14)18(3,15)16/h4-6H,7H2,1-3H3,(H,13,14)/p-1. The van der Waals surface area contributed by atoms with Crippen molar-refractivity contribution in [1.82, 2.24) is 0 Å². The molecular weight excluding hydrogens is 258 g/mol. The summed E-state index contributed by atoms with van der Waals surface area (Å²) in [6, 6.07) is 4.86. The fourth-order valence-electron chi connectivity index (χ4n) is 1.49. The zero-order valence-electron chi connectivity index (χ0n) is 10.3. The molecule has 1 aromatic carbocycles. The van der Waals surface area contributed by atoms with Crippen molar-refractivity contribution in [2.75, 3.05) is 24.2 Å². The monoisotopic (exact) mass is 272 g/mol. The molecule has 100 valence electrons. The number of anilines is 1. The summed E-state index contributed by atoms with van der Waals surface area (Å²) < 4.78 is 29.0. The number of ether oxygens (including phenoxy) is 1. The van der Waals surface area contributed by atoms with Crippen LogP contribution < -0.4 is 14.1 Å². The molecule has 0 heterocycles. The number of methoxy groups -OCH3 is 1. The average molecular weight is 272 g/mol. The zero-order valence-corrected chi connectivity index (χ0v) is 11.2. The van der Waals surface area contributed by atoms with Gasteiger partial charge in [-0.1, -0.05) is 6.07 Å². The minimum atomic E-state index is -3.73. The summed E-state index contributed by atoms with van der Waals surface area (Å²) in [7, 11) is -2.35. The molecule has 0 radical (unpaired) electrons. The van der Waals surface area contributed by atoms with Crippen LogP contribution in [0, 0.1) is 6.92 Å². The third-order valence-corrected chi connectivity index (χ3v) is 3.40. The number of hydrogen-bond acceptors (Lipinski definition) is 5. The van der Waals surface area contributed by atoms with Crippen molar-refractivity contribution in [3.05, 3.63) is 23.8 Å². The number of sulfonamides is 1. The Morgan fingerprint density at radius 1 is 1.44 bits per heavy atom. The van der Waals surface area contributed by atoms with Crippen LogP contribution in [0.1, 0.15) is 5.56 Å². The van der Waals surface area contributed by atoms with Gasteiger partial charge < -0.3 is 14.6 Å². The molecule has 0 amide bonds. The van der Waals surface area contributed by atoms with E-state index in [4.69, 9.17) is 4.74 Å². The quantitative estimate of drug-likeness (QED) is 0.722. The Morgan fingerprint density at radius 3 is 2.50 bits per heavy atom. The summed E-state index contributed by atoms with van der Waals surface area (Å²) in [6.45, 7) is 1.01. The van der Waals surface area contributed by atoms with Gasteiger partial charge in [0, 0.05) is 0 Å². The van der Waals surface area contributed by atoms with Crippen LogP contribution >= 0.6 is 0 Å². The first kappa shape index (κ1) is 14.3. The van der Waals surface area contributed by atoms with Crippen molar-refractivity contribution in [1.29, 1.82) is 0 Å². The minimum Gasteiger partial charge on any atom is -0.548 e. The van der Waals surface area contributed by atoms with E-state index in [1.54, 1.807) is 25.1 Å². The average Bonchev–Trinajstić information content (AvgIpc) is 2.24. The summed E-state index contributed by atoms with van der Waals surface area (Å²) in [5.74, 6) is -1.20. The molecular formula is C11H14NO5S-. The Bertz CT molecular complexity index is 553. The normalized spacial score (nSPS) is 11.1. The number of aryl methyl sites for hydroxylation is 1. The van der Waals surface area contributed by atoms with Crippen molar-refractivity contribution in [2.24, 2.45) is 0 Å². The fourth-order valence-corrected chi connectivity index (χ4v) is 2.33. The molecule has 1 rings (SSSR count). The molecule has 0 N–H and O–H groups in total. The molecule has 0 spiro atoms. The first-order chi connectivity index (χ1) is 8.25. The minimum absolute atomic E-state index is 0.184. The predicted octanol–water partition coefficient (Wildman–Crippen LogP) is -0.480. The molecule has 0 bridgehead atoms.